The first-order valence-corrected chi connectivity index (χ1v) is 8.28. The van der Waals surface area contributed by atoms with Gasteiger partial charge in [0.25, 0.3) is 0 Å². The van der Waals surface area contributed by atoms with E-state index in [-0.39, 0.29) is 0 Å². The van der Waals surface area contributed by atoms with Gasteiger partial charge >= 0.3 is 0 Å². The highest BCUT2D eigenvalue weighted by atomic mass is 32.1. The maximum Gasteiger partial charge on any atom is 0.0590 e. The molecule has 0 aliphatic heterocycles. The van der Waals surface area contributed by atoms with Gasteiger partial charge < -0.3 is 5.32 Å². The maximum absolute atomic E-state index is 3.61. The average Bonchev–Trinajstić information content (AvgIpc) is 2.90. The first-order chi connectivity index (χ1) is 10.7. The lowest BCUT2D eigenvalue weighted by Crippen LogP contribution is -1.93. The highest BCUT2D eigenvalue weighted by molar-refractivity contribution is 7.26. The SMILES string of the molecule is Cc1ccc(Nc2cccc3c2sc2ccccc23)c(C)c1. The van der Waals surface area contributed by atoms with Gasteiger partial charge in [0, 0.05) is 21.2 Å². The molecule has 1 heterocycles. The van der Waals surface area contributed by atoms with Gasteiger partial charge in [-0.2, -0.15) is 0 Å². The molecule has 0 atom stereocenters. The van der Waals surface area contributed by atoms with E-state index < -0.39 is 0 Å². The first-order valence-electron chi connectivity index (χ1n) is 7.47. The molecular formula is C20H17NS. The Morgan fingerprint density at radius 1 is 0.773 bits per heavy atom. The number of hydrogen-bond donors (Lipinski definition) is 1. The van der Waals surface area contributed by atoms with Gasteiger partial charge in [0.2, 0.25) is 0 Å². The Morgan fingerprint density at radius 2 is 1.59 bits per heavy atom. The topological polar surface area (TPSA) is 12.0 Å². The van der Waals surface area contributed by atoms with Crippen LogP contribution in [0.15, 0.2) is 60.7 Å². The number of anilines is 2. The zero-order chi connectivity index (χ0) is 15.1. The molecule has 3 aromatic carbocycles. The largest absolute Gasteiger partial charge is 0.354 e. The van der Waals surface area contributed by atoms with E-state index in [1.807, 2.05) is 11.3 Å². The van der Waals surface area contributed by atoms with Crippen LogP contribution in [0.1, 0.15) is 11.1 Å². The summed E-state index contributed by atoms with van der Waals surface area (Å²) < 4.78 is 2.66. The number of fused-ring (bicyclic) bond motifs is 3. The lowest BCUT2D eigenvalue weighted by molar-refractivity contribution is 1.37. The molecule has 0 aliphatic rings. The Morgan fingerprint density at radius 3 is 2.45 bits per heavy atom. The van der Waals surface area contributed by atoms with Crippen LogP contribution in [0.3, 0.4) is 0 Å². The minimum Gasteiger partial charge on any atom is -0.354 e. The fraction of sp³-hybridized carbons (Fsp3) is 0.100. The van der Waals surface area contributed by atoms with Crippen LogP contribution in [-0.2, 0) is 0 Å². The second-order valence-corrected chi connectivity index (χ2v) is 6.78. The minimum atomic E-state index is 1.18. The summed E-state index contributed by atoms with van der Waals surface area (Å²) in [6, 6.07) is 21.7. The second kappa shape index (κ2) is 5.15. The Bertz CT molecular complexity index is 982. The Hall–Kier alpha value is -2.32. The van der Waals surface area contributed by atoms with Crippen molar-refractivity contribution in [1.82, 2.24) is 0 Å². The normalized spacial score (nSPS) is 11.2. The molecule has 1 nitrogen and oxygen atoms in total. The molecule has 0 aliphatic carbocycles. The fourth-order valence-electron chi connectivity index (χ4n) is 2.94. The molecular weight excluding hydrogens is 286 g/mol. The standard InChI is InChI=1S/C20H17NS/c1-13-10-11-17(14(2)12-13)21-18-8-5-7-16-15-6-3-4-9-19(15)22-20(16)18/h3-12,21H,1-2H3. The molecule has 2 heteroatoms. The molecule has 0 bridgehead atoms. The summed E-state index contributed by atoms with van der Waals surface area (Å²) in [6.07, 6.45) is 0. The summed E-state index contributed by atoms with van der Waals surface area (Å²) in [5.74, 6) is 0. The van der Waals surface area contributed by atoms with Crippen molar-refractivity contribution < 1.29 is 0 Å². The third-order valence-corrected chi connectivity index (χ3v) is 5.28. The maximum atomic E-state index is 3.61. The first kappa shape index (κ1) is 13.4. The number of hydrogen-bond acceptors (Lipinski definition) is 2. The predicted molar refractivity (Wildman–Crippen MR) is 98.5 cm³/mol. The van der Waals surface area contributed by atoms with Gasteiger partial charge in [-0.25, -0.2) is 0 Å². The van der Waals surface area contributed by atoms with Gasteiger partial charge in [0.1, 0.15) is 0 Å². The van der Waals surface area contributed by atoms with Crippen LogP contribution in [-0.4, -0.2) is 0 Å². The van der Waals surface area contributed by atoms with E-state index in [1.54, 1.807) is 0 Å². The molecule has 1 aromatic heterocycles. The van der Waals surface area contributed by atoms with Crippen LogP contribution < -0.4 is 5.32 Å². The number of thiophene rings is 1. The number of nitrogens with one attached hydrogen (secondary N) is 1. The Labute approximate surface area is 134 Å². The Balaban J connectivity index is 1.88. The van der Waals surface area contributed by atoms with E-state index in [9.17, 15) is 0 Å². The third kappa shape index (κ3) is 2.16. The van der Waals surface area contributed by atoms with Crippen LogP contribution >= 0.6 is 11.3 Å². The van der Waals surface area contributed by atoms with Crippen molar-refractivity contribution >= 4 is 42.9 Å². The molecule has 0 fully saturated rings. The van der Waals surface area contributed by atoms with E-state index in [4.69, 9.17) is 0 Å². The lowest BCUT2D eigenvalue weighted by atomic mass is 10.1. The number of benzene rings is 3. The lowest BCUT2D eigenvalue weighted by Gasteiger charge is -2.11. The van der Waals surface area contributed by atoms with Crippen LogP contribution in [0.5, 0.6) is 0 Å². The summed E-state index contributed by atoms with van der Waals surface area (Å²) in [5.41, 5.74) is 4.93. The molecule has 4 aromatic rings. The van der Waals surface area contributed by atoms with Gasteiger partial charge in [-0.05, 0) is 37.6 Å². The zero-order valence-corrected chi connectivity index (χ0v) is 13.5. The van der Waals surface area contributed by atoms with E-state index in [2.05, 4.69) is 79.8 Å². The molecule has 0 spiro atoms. The summed E-state index contributed by atoms with van der Waals surface area (Å²) >= 11 is 1.85. The van der Waals surface area contributed by atoms with Crippen molar-refractivity contribution in [3.05, 3.63) is 71.8 Å². The van der Waals surface area contributed by atoms with Crippen molar-refractivity contribution in [2.75, 3.05) is 5.32 Å². The van der Waals surface area contributed by atoms with Crippen molar-refractivity contribution in [2.45, 2.75) is 13.8 Å². The third-order valence-electron chi connectivity index (χ3n) is 4.06. The summed E-state index contributed by atoms with van der Waals surface area (Å²) in [6.45, 7) is 4.28. The van der Waals surface area contributed by atoms with Crippen molar-refractivity contribution in [2.24, 2.45) is 0 Å². The van der Waals surface area contributed by atoms with E-state index in [0.29, 0.717) is 0 Å². The quantitative estimate of drug-likeness (QED) is 0.451. The summed E-state index contributed by atoms with van der Waals surface area (Å²) in [5, 5.41) is 6.28. The highest BCUT2D eigenvalue weighted by Crippen LogP contribution is 2.39. The van der Waals surface area contributed by atoms with Gasteiger partial charge in [0.05, 0.1) is 10.4 Å². The van der Waals surface area contributed by atoms with Gasteiger partial charge in [0.15, 0.2) is 0 Å². The molecule has 0 radical (unpaired) electrons. The van der Waals surface area contributed by atoms with Crippen molar-refractivity contribution in [3.63, 3.8) is 0 Å². The molecule has 0 saturated heterocycles. The van der Waals surface area contributed by atoms with Crippen molar-refractivity contribution in [1.29, 1.82) is 0 Å². The van der Waals surface area contributed by atoms with Crippen LogP contribution in [0, 0.1) is 13.8 Å². The van der Waals surface area contributed by atoms with Gasteiger partial charge in [-0.3, -0.25) is 0 Å². The van der Waals surface area contributed by atoms with Gasteiger partial charge in [-0.1, -0.05) is 48.0 Å². The molecule has 0 unspecified atom stereocenters. The van der Waals surface area contributed by atoms with Crippen LogP contribution in [0.25, 0.3) is 20.2 Å². The average molecular weight is 303 g/mol. The molecule has 22 heavy (non-hydrogen) atoms. The smallest absolute Gasteiger partial charge is 0.0590 e. The summed E-state index contributed by atoms with van der Waals surface area (Å²) in [4.78, 5) is 0. The number of aryl methyl sites for hydroxylation is 2. The van der Waals surface area contributed by atoms with Crippen LogP contribution in [0.4, 0.5) is 11.4 Å². The predicted octanol–water partition coefficient (Wildman–Crippen LogP) is 6.41. The van der Waals surface area contributed by atoms with E-state index in [0.717, 1.165) is 0 Å². The monoisotopic (exact) mass is 303 g/mol. The van der Waals surface area contributed by atoms with Crippen LogP contribution in [0.2, 0.25) is 0 Å². The fourth-order valence-corrected chi connectivity index (χ4v) is 4.12. The summed E-state index contributed by atoms with van der Waals surface area (Å²) in [7, 11) is 0. The molecule has 0 saturated carbocycles. The van der Waals surface area contributed by atoms with Gasteiger partial charge in [-0.15, -0.1) is 11.3 Å². The Kier molecular flexibility index (Phi) is 3.12. The van der Waals surface area contributed by atoms with E-state index >= 15 is 0 Å². The highest BCUT2D eigenvalue weighted by Gasteiger charge is 2.09. The van der Waals surface area contributed by atoms with Crippen molar-refractivity contribution in [3.8, 4) is 0 Å². The minimum absolute atomic E-state index is 1.18. The van der Waals surface area contributed by atoms with E-state index in [1.165, 1.54) is 42.7 Å². The molecule has 4 rings (SSSR count). The number of rotatable bonds is 2. The molecule has 1 N–H and O–H groups in total. The zero-order valence-electron chi connectivity index (χ0n) is 12.7. The second-order valence-electron chi connectivity index (χ2n) is 5.72. The molecule has 108 valence electrons. The molecule has 0 amide bonds.